The molecule has 0 saturated carbocycles. The first-order valence-corrected chi connectivity index (χ1v) is 7.79. The zero-order valence-corrected chi connectivity index (χ0v) is 14.0. The van der Waals surface area contributed by atoms with Crippen LogP contribution >= 0.6 is 0 Å². The Morgan fingerprint density at radius 1 is 1.36 bits per heavy atom. The minimum Gasteiger partial charge on any atom is -0.496 e. The first-order valence-electron chi connectivity index (χ1n) is 7.79. The van der Waals surface area contributed by atoms with Crippen LogP contribution in [-0.4, -0.2) is 54.5 Å². The molecule has 0 aromatic heterocycles. The number of carbonyl (C=O) groups excluding carboxylic acids is 1. The number of carbonyl (C=O) groups is 1. The largest absolute Gasteiger partial charge is 0.496 e. The minimum atomic E-state index is 0.0625. The molecular formula is C18H26N2O2. The van der Waals surface area contributed by atoms with Crippen molar-refractivity contribution in [2.24, 2.45) is 0 Å². The van der Waals surface area contributed by atoms with Gasteiger partial charge in [-0.05, 0) is 32.4 Å². The second kappa shape index (κ2) is 6.97. The van der Waals surface area contributed by atoms with Crippen molar-refractivity contribution in [3.63, 3.8) is 0 Å². The van der Waals surface area contributed by atoms with E-state index in [1.54, 1.807) is 7.11 Å². The van der Waals surface area contributed by atoms with Crippen molar-refractivity contribution in [2.45, 2.75) is 32.9 Å². The average Bonchev–Trinajstić information content (AvgIpc) is 2.49. The van der Waals surface area contributed by atoms with Gasteiger partial charge in [0.25, 0.3) is 5.91 Å². The van der Waals surface area contributed by atoms with Crippen LogP contribution in [0.25, 0.3) is 0 Å². The van der Waals surface area contributed by atoms with Gasteiger partial charge < -0.3 is 9.64 Å². The number of benzene rings is 1. The summed E-state index contributed by atoms with van der Waals surface area (Å²) in [6.45, 7) is 12.5. The highest BCUT2D eigenvalue weighted by Crippen LogP contribution is 2.26. The fourth-order valence-electron chi connectivity index (χ4n) is 3.13. The lowest BCUT2D eigenvalue weighted by molar-refractivity contribution is 0.0352. The van der Waals surface area contributed by atoms with Crippen LogP contribution < -0.4 is 4.74 Å². The Morgan fingerprint density at radius 3 is 2.73 bits per heavy atom. The lowest BCUT2D eigenvalue weighted by Gasteiger charge is -2.44. The number of amides is 1. The second-order valence-corrected chi connectivity index (χ2v) is 6.05. The van der Waals surface area contributed by atoms with Gasteiger partial charge in [0.05, 0.1) is 12.7 Å². The molecule has 2 atom stereocenters. The Kier molecular flexibility index (Phi) is 5.24. The van der Waals surface area contributed by atoms with Gasteiger partial charge in [0, 0.05) is 31.7 Å². The molecule has 1 saturated heterocycles. The number of piperazine rings is 1. The fourth-order valence-corrected chi connectivity index (χ4v) is 3.13. The maximum absolute atomic E-state index is 13.0. The van der Waals surface area contributed by atoms with Crippen LogP contribution in [0.15, 0.2) is 30.9 Å². The van der Waals surface area contributed by atoms with Crippen LogP contribution in [0.5, 0.6) is 5.75 Å². The number of ether oxygens (including phenoxy) is 1. The predicted molar refractivity (Wildman–Crippen MR) is 89.5 cm³/mol. The number of hydrogen-bond donors (Lipinski definition) is 0. The third kappa shape index (κ3) is 3.17. The van der Waals surface area contributed by atoms with E-state index in [4.69, 9.17) is 4.74 Å². The number of methoxy groups -OCH3 is 1. The SMILES string of the molecule is C=CCN1C[C@@H](C)N(C(=O)c2c(C)cccc2OC)C[C@H]1C. The van der Waals surface area contributed by atoms with E-state index in [0.29, 0.717) is 17.4 Å². The van der Waals surface area contributed by atoms with E-state index in [1.807, 2.05) is 36.1 Å². The normalized spacial score (nSPS) is 22.5. The molecule has 1 aromatic carbocycles. The summed E-state index contributed by atoms with van der Waals surface area (Å²) in [6, 6.07) is 6.22. The van der Waals surface area contributed by atoms with Crippen molar-refractivity contribution < 1.29 is 9.53 Å². The molecule has 1 heterocycles. The molecule has 1 aliphatic rings. The zero-order chi connectivity index (χ0) is 16.3. The number of rotatable bonds is 4. The van der Waals surface area contributed by atoms with Gasteiger partial charge >= 0.3 is 0 Å². The zero-order valence-electron chi connectivity index (χ0n) is 14.0. The maximum Gasteiger partial charge on any atom is 0.258 e. The van der Waals surface area contributed by atoms with Crippen LogP contribution in [0.3, 0.4) is 0 Å². The van der Waals surface area contributed by atoms with E-state index in [1.165, 1.54) is 0 Å². The number of hydrogen-bond acceptors (Lipinski definition) is 3. The Bertz CT molecular complexity index is 556. The van der Waals surface area contributed by atoms with Gasteiger partial charge in [0.1, 0.15) is 5.75 Å². The lowest BCUT2D eigenvalue weighted by atomic mass is 10.0. The molecular weight excluding hydrogens is 276 g/mol. The van der Waals surface area contributed by atoms with Gasteiger partial charge in [0.15, 0.2) is 0 Å². The quantitative estimate of drug-likeness (QED) is 0.802. The Morgan fingerprint density at radius 2 is 2.09 bits per heavy atom. The van der Waals surface area contributed by atoms with Gasteiger partial charge in [0.2, 0.25) is 0 Å². The first-order chi connectivity index (χ1) is 10.5. The highest BCUT2D eigenvalue weighted by molar-refractivity contribution is 5.98. The average molecular weight is 302 g/mol. The number of aryl methyl sites for hydroxylation is 1. The standard InChI is InChI=1S/C18H26N2O2/c1-6-10-19-11-15(4)20(12-14(19)3)18(21)17-13(2)8-7-9-16(17)22-5/h6-9,14-15H,1,10-12H2,2-5H3/t14-,15-/m1/s1. The van der Waals surface area contributed by atoms with Gasteiger partial charge in [-0.25, -0.2) is 0 Å². The highest BCUT2D eigenvalue weighted by atomic mass is 16.5. The van der Waals surface area contributed by atoms with Crippen LogP contribution in [0.4, 0.5) is 0 Å². The Hall–Kier alpha value is -1.81. The molecule has 0 radical (unpaired) electrons. The summed E-state index contributed by atoms with van der Waals surface area (Å²) in [4.78, 5) is 17.4. The molecule has 1 fully saturated rings. The molecule has 1 amide bonds. The second-order valence-electron chi connectivity index (χ2n) is 6.05. The third-order valence-electron chi connectivity index (χ3n) is 4.41. The summed E-state index contributed by atoms with van der Waals surface area (Å²) in [7, 11) is 1.61. The van der Waals surface area contributed by atoms with Gasteiger partial charge in [-0.1, -0.05) is 18.2 Å². The molecule has 22 heavy (non-hydrogen) atoms. The van der Waals surface area contributed by atoms with Crippen molar-refractivity contribution in [3.05, 3.63) is 42.0 Å². The molecule has 0 aliphatic carbocycles. The number of nitrogens with zero attached hydrogens (tertiary/aromatic N) is 2. The summed E-state index contributed by atoms with van der Waals surface area (Å²) in [5.74, 6) is 0.714. The Balaban J connectivity index is 2.25. The van der Waals surface area contributed by atoms with Crippen LogP contribution in [0.1, 0.15) is 29.8 Å². The van der Waals surface area contributed by atoms with Crippen LogP contribution in [0.2, 0.25) is 0 Å². The van der Waals surface area contributed by atoms with E-state index in [-0.39, 0.29) is 11.9 Å². The molecule has 2 rings (SSSR count). The topological polar surface area (TPSA) is 32.8 Å². The smallest absolute Gasteiger partial charge is 0.258 e. The molecule has 0 spiro atoms. The Labute approximate surface area is 133 Å². The molecule has 0 bridgehead atoms. The molecule has 1 aromatic rings. The van der Waals surface area contributed by atoms with Crippen molar-refractivity contribution in [2.75, 3.05) is 26.7 Å². The lowest BCUT2D eigenvalue weighted by Crippen LogP contribution is -2.58. The maximum atomic E-state index is 13.0. The molecule has 0 N–H and O–H groups in total. The van der Waals surface area contributed by atoms with E-state index >= 15 is 0 Å². The van der Waals surface area contributed by atoms with Crippen LogP contribution in [-0.2, 0) is 0 Å². The van der Waals surface area contributed by atoms with Gasteiger partial charge in [-0.2, -0.15) is 0 Å². The molecule has 1 aliphatic heterocycles. The minimum absolute atomic E-state index is 0.0625. The molecule has 120 valence electrons. The van der Waals surface area contributed by atoms with E-state index < -0.39 is 0 Å². The van der Waals surface area contributed by atoms with Crippen molar-refractivity contribution in [1.82, 2.24) is 9.80 Å². The monoisotopic (exact) mass is 302 g/mol. The predicted octanol–water partition coefficient (Wildman–Crippen LogP) is 2.72. The summed E-state index contributed by atoms with van der Waals surface area (Å²) >= 11 is 0. The van der Waals surface area contributed by atoms with Crippen molar-refractivity contribution in [3.8, 4) is 5.75 Å². The van der Waals surface area contributed by atoms with Crippen LogP contribution in [0, 0.1) is 6.92 Å². The summed E-state index contributed by atoms with van der Waals surface area (Å²) < 4.78 is 5.39. The van der Waals surface area contributed by atoms with Gasteiger partial charge in [-0.15, -0.1) is 6.58 Å². The summed E-state index contributed by atoms with van der Waals surface area (Å²) in [6.07, 6.45) is 1.92. The molecule has 4 nitrogen and oxygen atoms in total. The van der Waals surface area contributed by atoms with Crippen molar-refractivity contribution in [1.29, 1.82) is 0 Å². The highest BCUT2D eigenvalue weighted by Gasteiger charge is 2.33. The van der Waals surface area contributed by atoms with E-state index in [2.05, 4.69) is 25.3 Å². The van der Waals surface area contributed by atoms with E-state index in [0.717, 1.165) is 25.2 Å². The molecule has 0 unspecified atom stereocenters. The molecule has 4 heteroatoms. The fraction of sp³-hybridized carbons (Fsp3) is 0.500. The summed E-state index contributed by atoms with van der Waals surface area (Å²) in [5, 5.41) is 0. The third-order valence-corrected chi connectivity index (χ3v) is 4.41. The van der Waals surface area contributed by atoms with Gasteiger partial charge in [-0.3, -0.25) is 9.69 Å². The first kappa shape index (κ1) is 16.6. The van der Waals surface area contributed by atoms with Crippen molar-refractivity contribution >= 4 is 5.91 Å². The summed E-state index contributed by atoms with van der Waals surface area (Å²) in [5.41, 5.74) is 1.64. The van der Waals surface area contributed by atoms with E-state index in [9.17, 15) is 4.79 Å².